The monoisotopic (exact) mass is 308 g/mol. The molecule has 0 saturated carbocycles. The van der Waals surface area contributed by atoms with Crippen molar-refractivity contribution < 1.29 is 9.90 Å². The Bertz CT molecular complexity index is 959. The first-order valence-electron chi connectivity index (χ1n) is 7.35. The predicted molar refractivity (Wildman–Crippen MR) is 88.8 cm³/mol. The Morgan fingerprint density at radius 3 is 2.48 bits per heavy atom. The van der Waals surface area contributed by atoms with Crippen molar-refractivity contribution in [3.05, 3.63) is 58.6 Å². The van der Waals surface area contributed by atoms with Gasteiger partial charge in [-0.1, -0.05) is 6.07 Å². The van der Waals surface area contributed by atoms with Crippen molar-refractivity contribution >= 4 is 16.7 Å². The van der Waals surface area contributed by atoms with Crippen molar-refractivity contribution in [1.82, 2.24) is 9.55 Å². The first-order chi connectivity index (χ1) is 11.0. The van der Waals surface area contributed by atoms with Crippen LogP contribution in [0.1, 0.15) is 24.2 Å². The molecule has 0 radical (unpaired) electrons. The van der Waals surface area contributed by atoms with E-state index in [1.165, 1.54) is 11.5 Å². The van der Waals surface area contributed by atoms with E-state index < -0.39 is 11.3 Å². The van der Waals surface area contributed by atoms with E-state index in [4.69, 9.17) is 0 Å². The number of carbonyl (C=O) groups excluding carboxylic acids is 1. The molecule has 1 N–H and O–H groups in total. The number of hydrogen-bond acceptors (Lipinski definition) is 4. The van der Waals surface area contributed by atoms with E-state index in [0.717, 1.165) is 11.1 Å². The van der Waals surface area contributed by atoms with Gasteiger partial charge < -0.3 is 9.67 Å². The number of rotatable bonds is 3. The molecule has 0 aliphatic rings. The third-order valence-corrected chi connectivity index (χ3v) is 3.92. The molecule has 0 fully saturated rings. The fourth-order valence-electron chi connectivity index (χ4n) is 2.79. The van der Waals surface area contributed by atoms with Crippen LogP contribution in [-0.4, -0.2) is 20.4 Å². The fraction of sp³-hybridized carbons (Fsp3) is 0.167. The number of Topliss-reactive ketones (excluding diaryl/α,β-unsaturated/α-hetero) is 1. The van der Waals surface area contributed by atoms with Crippen molar-refractivity contribution in [1.29, 1.82) is 0 Å². The van der Waals surface area contributed by atoms with Crippen molar-refractivity contribution in [2.45, 2.75) is 20.4 Å². The van der Waals surface area contributed by atoms with Gasteiger partial charge in [-0.25, -0.2) is 0 Å². The van der Waals surface area contributed by atoms with Crippen LogP contribution in [0.4, 0.5) is 0 Å². The zero-order chi connectivity index (χ0) is 16.6. The number of hydrogen-bond donors (Lipinski definition) is 1. The van der Waals surface area contributed by atoms with Crippen LogP contribution in [0.15, 0.2) is 47.5 Å². The molecule has 0 spiro atoms. The molecule has 0 unspecified atom stereocenters. The van der Waals surface area contributed by atoms with Crippen LogP contribution in [-0.2, 0) is 6.54 Å². The summed E-state index contributed by atoms with van der Waals surface area (Å²) < 4.78 is 1.51. The molecule has 0 saturated heterocycles. The zero-order valence-corrected chi connectivity index (χ0v) is 12.9. The number of carbonyl (C=O) groups is 1. The second-order valence-electron chi connectivity index (χ2n) is 5.30. The Kier molecular flexibility index (Phi) is 3.70. The van der Waals surface area contributed by atoms with E-state index in [-0.39, 0.29) is 11.3 Å². The van der Waals surface area contributed by atoms with E-state index in [1.807, 2.05) is 31.2 Å². The summed E-state index contributed by atoms with van der Waals surface area (Å²) in [5.41, 5.74) is 1.87. The summed E-state index contributed by atoms with van der Waals surface area (Å²) in [4.78, 5) is 28.2. The molecule has 23 heavy (non-hydrogen) atoms. The highest BCUT2D eigenvalue weighted by Gasteiger charge is 2.19. The summed E-state index contributed by atoms with van der Waals surface area (Å²) >= 11 is 0. The lowest BCUT2D eigenvalue weighted by atomic mass is 10.0. The zero-order valence-electron chi connectivity index (χ0n) is 12.9. The Labute approximate surface area is 132 Å². The van der Waals surface area contributed by atoms with Crippen molar-refractivity contribution in [2.24, 2.45) is 0 Å². The molecule has 116 valence electrons. The van der Waals surface area contributed by atoms with Gasteiger partial charge in [-0.15, -0.1) is 0 Å². The quantitative estimate of drug-likeness (QED) is 0.755. The number of pyridine rings is 2. The first-order valence-corrected chi connectivity index (χ1v) is 7.35. The summed E-state index contributed by atoms with van der Waals surface area (Å²) in [6.07, 6.45) is 3.39. The standard InChI is InChI=1S/C18H16N2O3/c1-3-20-15-10-13(12-6-8-19-9-7-12)4-5-14(15)17(22)16(11(2)21)18(20)23/h4-10,22H,3H2,1-2H3. The van der Waals surface area contributed by atoms with Gasteiger partial charge in [0.1, 0.15) is 11.3 Å². The van der Waals surface area contributed by atoms with E-state index in [2.05, 4.69) is 4.98 Å². The Balaban J connectivity index is 2.38. The SMILES string of the molecule is CCn1c(=O)c(C(C)=O)c(O)c2ccc(-c3ccncc3)cc21. The largest absolute Gasteiger partial charge is 0.506 e. The molecular weight excluding hydrogens is 292 g/mol. The summed E-state index contributed by atoms with van der Waals surface area (Å²) in [5, 5.41) is 10.8. The van der Waals surface area contributed by atoms with Crippen LogP contribution in [0.25, 0.3) is 22.0 Å². The third-order valence-electron chi connectivity index (χ3n) is 3.92. The summed E-state index contributed by atoms with van der Waals surface area (Å²) in [6.45, 7) is 3.53. The van der Waals surface area contributed by atoms with Crippen LogP contribution in [0.3, 0.4) is 0 Å². The second kappa shape index (κ2) is 5.68. The molecule has 5 heteroatoms. The van der Waals surface area contributed by atoms with E-state index >= 15 is 0 Å². The van der Waals surface area contributed by atoms with Gasteiger partial charge in [-0.3, -0.25) is 14.6 Å². The molecule has 0 bridgehead atoms. The number of aromatic nitrogens is 2. The predicted octanol–water partition coefficient (Wildman–Crippen LogP) is 2.99. The maximum atomic E-state index is 12.5. The highest BCUT2D eigenvalue weighted by Crippen LogP contribution is 2.30. The van der Waals surface area contributed by atoms with Gasteiger partial charge in [0.05, 0.1) is 5.52 Å². The minimum absolute atomic E-state index is 0.156. The number of fused-ring (bicyclic) bond motifs is 1. The number of benzene rings is 1. The maximum absolute atomic E-state index is 12.5. The summed E-state index contributed by atoms with van der Waals surface area (Å²) in [5.74, 6) is -0.682. The fourth-order valence-corrected chi connectivity index (χ4v) is 2.79. The van der Waals surface area contributed by atoms with Crippen LogP contribution < -0.4 is 5.56 Å². The van der Waals surface area contributed by atoms with Gasteiger partial charge in [-0.2, -0.15) is 0 Å². The average molecular weight is 308 g/mol. The summed E-state index contributed by atoms with van der Waals surface area (Å²) in [7, 11) is 0. The van der Waals surface area contributed by atoms with Crippen molar-refractivity contribution in [3.8, 4) is 16.9 Å². The second-order valence-corrected chi connectivity index (χ2v) is 5.30. The van der Waals surface area contributed by atoms with Crippen LogP contribution in [0.2, 0.25) is 0 Å². The van der Waals surface area contributed by atoms with Gasteiger partial charge in [0.15, 0.2) is 5.78 Å². The molecule has 2 heterocycles. The molecule has 2 aromatic heterocycles. The average Bonchev–Trinajstić information content (AvgIpc) is 2.55. The third kappa shape index (κ3) is 2.40. The number of aromatic hydroxyl groups is 1. The number of aryl methyl sites for hydroxylation is 1. The van der Waals surface area contributed by atoms with Gasteiger partial charge in [-0.05, 0) is 49.2 Å². The topological polar surface area (TPSA) is 72.2 Å². The molecule has 1 aromatic carbocycles. The van der Waals surface area contributed by atoms with E-state index in [9.17, 15) is 14.7 Å². The maximum Gasteiger partial charge on any atom is 0.265 e. The van der Waals surface area contributed by atoms with Gasteiger partial charge in [0.25, 0.3) is 5.56 Å². The smallest absolute Gasteiger partial charge is 0.265 e. The Morgan fingerprint density at radius 1 is 1.17 bits per heavy atom. The lowest BCUT2D eigenvalue weighted by Gasteiger charge is -2.13. The van der Waals surface area contributed by atoms with Gasteiger partial charge in [0, 0.05) is 24.3 Å². The number of ketones is 1. The molecule has 0 aliphatic heterocycles. The molecule has 0 amide bonds. The number of nitrogens with zero attached hydrogens (tertiary/aromatic N) is 2. The molecule has 5 nitrogen and oxygen atoms in total. The van der Waals surface area contributed by atoms with Crippen LogP contribution in [0.5, 0.6) is 5.75 Å². The highest BCUT2D eigenvalue weighted by atomic mass is 16.3. The van der Waals surface area contributed by atoms with Crippen LogP contribution in [0, 0.1) is 0 Å². The summed E-state index contributed by atoms with van der Waals surface area (Å²) in [6, 6.07) is 9.18. The molecule has 3 aromatic rings. The molecule has 3 rings (SSSR count). The van der Waals surface area contributed by atoms with Gasteiger partial charge in [0.2, 0.25) is 0 Å². The Morgan fingerprint density at radius 2 is 1.87 bits per heavy atom. The lowest BCUT2D eigenvalue weighted by molar-refractivity contribution is 0.101. The minimum Gasteiger partial charge on any atom is -0.506 e. The minimum atomic E-state index is -0.461. The van der Waals surface area contributed by atoms with Crippen LogP contribution >= 0.6 is 0 Å². The van der Waals surface area contributed by atoms with Crippen molar-refractivity contribution in [3.63, 3.8) is 0 Å². The first kappa shape index (κ1) is 15.0. The van der Waals surface area contributed by atoms with E-state index in [0.29, 0.717) is 17.4 Å². The normalized spacial score (nSPS) is 10.9. The molecular formula is C18H16N2O3. The van der Waals surface area contributed by atoms with Gasteiger partial charge >= 0.3 is 0 Å². The molecule has 0 aliphatic carbocycles. The van der Waals surface area contributed by atoms with Crippen molar-refractivity contribution in [2.75, 3.05) is 0 Å². The highest BCUT2D eigenvalue weighted by molar-refractivity contribution is 6.02. The molecule has 0 atom stereocenters. The van der Waals surface area contributed by atoms with E-state index in [1.54, 1.807) is 18.5 Å². The lowest BCUT2D eigenvalue weighted by Crippen LogP contribution is -2.25. The Hall–Kier alpha value is -2.95.